The summed E-state index contributed by atoms with van der Waals surface area (Å²) in [5.41, 5.74) is 0. The maximum atomic E-state index is 12.3. The number of aliphatic hydroxyl groups excluding tert-OH is 13. The highest BCUT2D eigenvalue weighted by molar-refractivity contribution is 5.74. The van der Waals surface area contributed by atoms with Gasteiger partial charge in [0.25, 0.3) is 0 Å². The van der Waals surface area contributed by atoms with E-state index in [1.165, 1.54) is 6.92 Å². The molecule has 0 aromatic carbocycles. The average molecular weight is 936 g/mol. The van der Waals surface area contributed by atoms with Crippen LogP contribution in [-0.2, 0) is 57.0 Å². The molecule has 0 bridgehead atoms. The van der Waals surface area contributed by atoms with Gasteiger partial charge in [0.1, 0.15) is 116 Å². The fraction of sp³-hybridized carbons (Fsp3) is 0.917. The highest BCUT2D eigenvalue weighted by atomic mass is 16.8. The molecule has 28 heteroatoms. The van der Waals surface area contributed by atoms with Crippen LogP contribution in [0.4, 0.5) is 0 Å². The lowest BCUT2D eigenvalue weighted by Crippen LogP contribution is -2.69. The Hall–Kier alpha value is -2.47. The SMILES string of the molecule is CC(=O)N[C@@H]1[C@@H](O[C@@H]2O[C@H](CO[C@@H]3O[C@H](CO)[C@@H](O)[C@H](O)[C@H]3NC(C)=O)[C@H](O)[C@H](O)[C@H]2O)[C@@H](O)[C@@H](CO[C@@H]2O[C@H](CO)[C@@H](O[C@@H]3O[C@@H](C)[C@@H](O)[C@@H](O)[C@@H]3O)[C@H](O)[C@H]2NC(C)=O)O[C@@H]1O. The lowest BCUT2D eigenvalue weighted by atomic mass is 9.94. The number of carbonyl (C=O) groups excluding carboxylic acids is 3. The number of carbonyl (C=O) groups is 3. The van der Waals surface area contributed by atoms with Crippen LogP contribution in [0, 0.1) is 0 Å². The first kappa shape index (κ1) is 52.5. The molecule has 0 aliphatic carbocycles. The highest BCUT2D eigenvalue weighted by Gasteiger charge is 2.54. The molecule has 5 heterocycles. The van der Waals surface area contributed by atoms with Gasteiger partial charge in [-0.2, -0.15) is 0 Å². The molecule has 28 nitrogen and oxygen atoms in total. The van der Waals surface area contributed by atoms with Crippen molar-refractivity contribution in [3.8, 4) is 0 Å². The summed E-state index contributed by atoms with van der Waals surface area (Å²) >= 11 is 0. The number of aliphatic hydroxyl groups is 13. The van der Waals surface area contributed by atoms with Crippen molar-refractivity contribution < 1.29 is 123 Å². The predicted octanol–water partition coefficient (Wildman–Crippen LogP) is -10.5. The standard InChI is InChI=1S/C36H61N3O25/c1-9-20(45)26(51)28(53)35(58-9)63-30-14(6-41)61-34(18(25(30)50)38-11(3)43)57-8-16-23(48)31(19(32(55)59-16)39-12(4)44)64-36-29(54)27(52)22(47)15(62-36)7-56-33-17(37-10(2)42)24(49)21(46)13(5-40)60-33/h9,13-36,40-41,45-55H,5-8H2,1-4H3,(H,37,42)(H,38,43)(H,39,44)/t9-,13+,14+,15+,16+,17+,18+,19+,20+,21+,22-,23-,24+,25+,26+,27-,28-,29+,30+,31+,32-,33+,34+,35-,36-/m0/s1. The summed E-state index contributed by atoms with van der Waals surface area (Å²) in [4.78, 5) is 36.4. The van der Waals surface area contributed by atoms with Gasteiger partial charge >= 0.3 is 0 Å². The van der Waals surface area contributed by atoms with Crippen molar-refractivity contribution in [2.45, 2.75) is 181 Å². The molecule has 5 aliphatic rings. The molecule has 5 rings (SSSR count). The number of rotatable bonds is 15. The first-order valence-corrected chi connectivity index (χ1v) is 20.4. The Kier molecular flexibility index (Phi) is 18.5. The van der Waals surface area contributed by atoms with E-state index in [0.29, 0.717) is 0 Å². The van der Waals surface area contributed by atoms with Crippen LogP contribution in [0.3, 0.4) is 0 Å². The molecule has 370 valence electrons. The van der Waals surface area contributed by atoms with Crippen molar-refractivity contribution in [2.24, 2.45) is 0 Å². The van der Waals surface area contributed by atoms with Crippen LogP contribution in [0.2, 0.25) is 0 Å². The molecule has 0 unspecified atom stereocenters. The molecular formula is C36H61N3O25. The Morgan fingerprint density at radius 2 is 0.859 bits per heavy atom. The zero-order valence-electron chi connectivity index (χ0n) is 35.0. The minimum atomic E-state index is -2.07. The second kappa shape index (κ2) is 22.6. The van der Waals surface area contributed by atoms with Crippen molar-refractivity contribution in [3.63, 3.8) is 0 Å². The molecule has 0 aromatic rings. The second-order valence-corrected chi connectivity index (χ2v) is 16.2. The molecule has 5 saturated heterocycles. The first-order valence-electron chi connectivity index (χ1n) is 20.4. The van der Waals surface area contributed by atoms with Crippen molar-refractivity contribution in [1.82, 2.24) is 16.0 Å². The van der Waals surface area contributed by atoms with Crippen LogP contribution in [0.1, 0.15) is 27.7 Å². The van der Waals surface area contributed by atoms with Gasteiger partial charge in [-0.25, -0.2) is 0 Å². The third kappa shape index (κ3) is 11.8. The smallest absolute Gasteiger partial charge is 0.217 e. The monoisotopic (exact) mass is 935 g/mol. The molecule has 5 fully saturated rings. The third-order valence-electron chi connectivity index (χ3n) is 11.4. The molecule has 64 heavy (non-hydrogen) atoms. The van der Waals surface area contributed by atoms with E-state index in [2.05, 4.69) is 16.0 Å². The lowest BCUT2D eigenvalue weighted by molar-refractivity contribution is -0.356. The number of hydrogen-bond donors (Lipinski definition) is 16. The molecular weight excluding hydrogens is 874 g/mol. The normalized spacial score (nSPS) is 47.7. The molecule has 5 aliphatic heterocycles. The minimum Gasteiger partial charge on any atom is -0.394 e. The molecule has 0 radical (unpaired) electrons. The van der Waals surface area contributed by atoms with Crippen molar-refractivity contribution in [1.29, 1.82) is 0 Å². The number of nitrogens with one attached hydrogen (secondary N) is 3. The van der Waals surface area contributed by atoms with Crippen molar-refractivity contribution in [2.75, 3.05) is 26.4 Å². The Labute approximate surface area is 364 Å². The zero-order valence-corrected chi connectivity index (χ0v) is 35.0. The summed E-state index contributed by atoms with van der Waals surface area (Å²) in [6.45, 7) is 1.51. The number of hydrogen-bond acceptors (Lipinski definition) is 25. The topological polar surface area (TPSA) is 433 Å². The van der Waals surface area contributed by atoms with E-state index in [0.717, 1.165) is 20.8 Å². The van der Waals surface area contributed by atoms with E-state index >= 15 is 0 Å². The summed E-state index contributed by atoms with van der Waals surface area (Å²) in [5, 5.41) is 145. The van der Waals surface area contributed by atoms with Crippen molar-refractivity contribution >= 4 is 17.7 Å². The van der Waals surface area contributed by atoms with E-state index < -0.39 is 197 Å². The largest absolute Gasteiger partial charge is 0.394 e. The maximum Gasteiger partial charge on any atom is 0.217 e. The van der Waals surface area contributed by atoms with Gasteiger partial charge in [-0.3, -0.25) is 14.4 Å². The van der Waals surface area contributed by atoms with Gasteiger partial charge in [-0.15, -0.1) is 0 Å². The minimum absolute atomic E-state index is 0.665. The number of ether oxygens (including phenoxy) is 9. The van der Waals surface area contributed by atoms with Crippen LogP contribution >= 0.6 is 0 Å². The second-order valence-electron chi connectivity index (χ2n) is 16.2. The summed E-state index contributed by atoms with van der Waals surface area (Å²) in [6.07, 6.45) is -37.5. The van der Waals surface area contributed by atoms with E-state index in [1.807, 2.05) is 0 Å². The van der Waals surface area contributed by atoms with Crippen molar-refractivity contribution in [3.05, 3.63) is 0 Å². The van der Waals surface area contributed by atoms with Crippen LogP contribution in [0.25, 0.3) is 0 Å². The van der Waals surface area contributed by atoms with Gasteiger partial charge in [-0.1, -0.05) is 0 Å². The van der Waals surface area contributed by atoms with Gasteiger partial charge in [0.2, 0.25) is 17.7 Å². The molecule has 0 spiro atoms. The summed E-state index contributed by atoms with van der Waals surface area (Å²) in [5.74, 6) is -2.14. The molecule has 0 saturated carbocycles. The van der Waals surface area contributed by atoms with Gasteiger partial charge < -0.3 is 125 Å². The Balaban J connectivity index is 1.30. The number of amides is 3. The lowest BCUT2D eigenvalue weighted by Gasteiger charge is -2.48. The van der Waals surface area contributed by atoms with E-state index in [1.54, 1.807) is 0 Å². The molecule has 0 aromatic heterocycles. The third-order valence-corrected chi connectivity index (χ3v) is 11.4. The Bertz CT molecular complexity index is 1540. The van der Waals surface area contributed by atoms with Gasteiger partial charge in [0, 0.05) is 20.8 Å². The first-order chi connectivity index (χ1) is 30.1. The van der Waals surface area contributed by atoms with Gasteiger partial charge in [0.05, 0.1) is 32.5 Å². The fourth-order valence-corrected chi connectivity index (χ4v) is 7.98. The Morgan fingerprint density at radius 3 is 1.39 bits per heavy atom. The summed E-state index contributed by atoms with van der Waals surface area (Å²) < 4.78 is 51.2. The van der Waals surface area contributed by atoms with E-state index in [-0.39, 0.29) is 0 Å². The van der Waals surface area contributed by atoms with E-state index in [9.17, 15) is 80.8 Å². The average Bonchev–Trinajstić information content (AvgIpc) is 3.24. The molecule has 25 atom stereocenters. The predicted molar refractivity (Wildman–Crippen MR) is 200 cm³/mol. The quantitative estimate of drug-likeness (QED) is 0.0725. The van der Waals surface area contributed by atoms with Crippen LogP contribution in [0.5, 0.6) is 0 Å². The zero-order chi connectivity index (χ0) is 47.5. The van der Waals surface area contributed by atoms with Gasteiger partial charge in [-0.05, 0) is 6.92 Å². The molecule has 3 amide bonds. The van der Waals surface area contributed by atoms with E-state index in [4.69, 9.17) is 42.6 Å². The van der Waals surface area contributed by atoms with Gasteiger partial charge in [0.15, 0.2) is 31.5 Å². The highest BCUT2D eigenvalue weighted by Crippen LogP contribution is 2.33. The van der Waals surface area contributed by atoms with Crippen LogP contribution < -0.4 is 16.0 Å². The summed E-state index contributed by atoms with van der Waals surface area (Å²) in [6, 6.07) is -4.54. The molecule has 16 N–H and O–H groups in total. The fourth-order valence-electron chi connectivity index (χ4n) is 7.98. The van der Waals surface area contributed by atoms with Crippen LogP contribution in [-0.4, -0.2) is 264 Å². The summed E-state index contributed by atoms with van der Waals surface area (Å²) in [7, 11) is 0. The Morgan fingerprint density at radius 1 is 0.438 bits per heavy atom. The van der Waals surface area contributed by atoms with Crippen LogP contribution in [0.15, 0.2) is 0 Å². The maximum absolute atomic E-state index is 12.3.